The number of benzene rings is 3. The Labute approximate surface area is 295 Å². The molecule has 264 valence electrons. The quantitative estimate of drug-likeness (QED) is 0.0446. The smallest absolute Gasteiger partial charge is 0.373 e. The van der Waals surface area contributed by atoms with Gasteiger partial charge in [-0.05, 0) is 67.5 Å². The number of carbonyl (C=O) groups is 1. The Balaban J connectivity index is 0.000000238. The average Bonchev–Trinajstić information content (AvgIpc) is 3.55. The van der Waals surface area contributed by atoms with E-state index in [1.165, 1.54) is 20.0 Å². The van der Waals surface area contributed by atoms with Gasteiger partial charge in [-0.15, -0.1) is 0 Å². The summed E-state index contributed by atoms with van der Waals surface area (Å²) < 4.78 is 16.7. The summed E-state index contributed by atoms with van der Waals surface area (Å²) in [7, 11) is 1.49. The number of fused-ring (bicyclic) bond motifs is 1. The zero-order chi connectivity index (χ0) is 35.7. The van der Waals surface area contributed by atoms with Crippen molar-refractivity contribution < 1.29 is 18.7 Å². The van der Waals surface area contributed by atoms with Gasteiger partial charge in [0.25, 0.3) is 0 Å². The van der Waals surface area contributed by atoms with Crippen LogP contribution in [-0.4, -0.2) is 45.7 Å². The van der Waals surface area contributed by atoms with Gasteiger partial charge in [0.05, 0.1) is 12.8 Å². The first-order chi connectivity index (χ1) is 24.3. The highest BCUT2D eigenvalue weighted by molar-refractivity contribution is 5.91. The molecule has 0 spiro atoms. The monoisotopic (exact) mass is 679 g/mol. The second-order valence-corrected chi connectivity index (χ2v) is 12.1. The number of hydrogen-bond acceptors (Lipinski definition) is 11. The summed E-state index contributed by atoms with van der Waals surface area (Å²) in [5.41, 5.74) is 9.14. The van der Waals surface area contributed by atoms with Gasteiger partial charge in [-0.25, -0.2) is 9.69 Å². The lowest BCUT2D eigenvalue weighted by Crippen LogP contribution is -2.19. The molecule has 0 fully saturated rings. The molecular weight excluding hydrogens is 630 g/mol. The molecule has 0 saturated carbocycles. The van der Waals surface area contributed by atoms with Gasteiger partial charge in [-0.2, -0.15) is 19.9 Å². The number of aromatic nitrogens is 4. The zero-order valence-corrected chi connectivity index (χ0v) is 29.7. The second kappa shape index (κ2) is 19.5. The highest BCUT2D eigenvalue weighted by atomic mass is 16.6. The first-order valence-electron chi connectivity index (χ1n) is 17.3. The molecule has 11 nitrogen and oxygen atoms in total. The van der Waals surface area contributed by atoms with Crippen LogP contribution in [0.5, 0.6) is 0 Å². The maximum absolute atomic E-state index is 12.2. The van der Waals surface area contributed by atoms with E-state index in [1.807, 2.05) is 91.9 Å². The summed E-state index contributed by atoms with van der Waals surface area (Å²) in [6, 6.07) is 27.2. The predicted octanol–water partition coefficient (Wildman–Crippen LogP) is 9.10. The van der Waals surface area contributed by atoms with Crippen molar-refractivity contribution in [2.45, 2.75) is 72.3 Å². The number of methoxy groups -OCH3 is 1. The van der Waals surface area contributed by atoms with Crippen molar-refractivity contribution in [1.29, 1.82) is 0 Å². The molecule has 5 aromatic rings. The Morgan fingerprint density at radius 1 is 0.900 bits per heavy atom. The fourth-order valence-electron chi connectivity index (χ4n) is 4.96. The number of para-hydroxylation sites is 3. The number of nitrogens with zero attached hydrogens (tertiary/aromatic N) is 5. The maximum Gasteiger partial charge on any atom is 0.373 e. The van der Waals surface area contributed by atoms with Crippen LogP contribution in [0.3, 0.4) is 0 Å². The molecule has 0 aliphatic rings. The first kappa shape index (κ1) is 37.4. The van der Waals surface area contributed by atoms with Gasteiger partial charge in [-0.1, -0.05) is 101 Å². The molecule has 0 aliphatic heterocycles. The number of unbranched alkanes of at least 4 members (excludes halogenated alkanes) is 2. The van der Waals surface area contributed by atoms with E-state index < -0.39 is 0 Å². The van der Waals surface area contributed by atoms with Crippen molar-refractivity contribution in [2.75, 3.05) is 29.6 Å². The molecule has 2 aromatic heterocycles. The third-order valence-electron chi connectivity index (χ3n) is 7.71. The van der Waals surface area contributed by atoms with E-state index in [1.54, 1.807) is 11.0 Å². The third kappa shape index (κ3) is 11.3. The van der Waals surface area contributed by atoms with Crippen molar-refractivity contribution >= 4 is 52.7 Å². The van der Waals surface area contributed by atoms with Gasteiger partial charge in [0.2, 0.25) is 23.6 Å². The first-order valence-corrected chi connectivity index (χ1v) is 17.3. The van der Waals surface area contributed by atoms with Crippen LogP contribution in [0.15, 0.2) is 95.1 Å². The summed E-state index contributed by atoms with van der Waals surface area (Å²) >= 11 is 0. The number of carbonyl (C=O) groups excluding carboxylic acids is 1. The summed E-state index contributed by atoms with van der Waals surface area (Å²) in [6.45, 7) is 9.28. The van der Waals surface area contributed by atoms with Crippen molar-refractivity contribution in [1.82, 2.24) is 19.9 Å². The van der Waals surface area contributed by atoms with Gasteiger partial charge in [-0.3, -0.25) is 0 Å². The van der Waals surface area contributed by atoms with Crippen LogP contribution in [0.4, 0.5) is 29.5 Å². The normalized spacial score (nSPS) is 11.8. The Hall–Kier alpha value is -5.45. The number of nitrogens with two attached hydrogens (primary N) is 1. The van der Waals surface area contributed by atoms with E-state index >= 15 is 0 Å². The predicted molar refractivity (Wildman–Crippen MR) is 200 cm³/mol. The highest BCUT2D eigenvalue weighted by Gasteiger charge is 2.22. The number of oxazole rings is 1. The Kier molecular flexibility index (Phi) is 14.6. The number of ether oxygens (including phenoxy) is 2. The number of nitrogen functional groups attached to an aromatic ring is 1. The lowest BCUT2D eigenvalue weighted by molar-refractivity contribution is -0.148. The highest BCUT2D eigenvalue weighted by Crippen LogP contribution is 2.34. The average molecular weight is 680 g/mol. The van der Waals surface area contributed by atoms with Gasteiger partial charge in [0.1, 0.15) is 11.6 Å². The largest absolute Gasteiger partial charge is 0.490 e. The standard InChI is InChI=1S/C21H23N7O.C18H26O3/c1-14(2)12-13-23-19-25-18(22)26-20(27-19)28(15-8-4-3-5-9-15)21-24-16-10-6-7-11-17(16)29-21;1-4-6-8-13-16(5-2)21-18(19)17(20-3)14-15-11-9-7-10-12-15/h3-11,14H,12-13H2,1-2H3,(H3,22,23,25,26,27);7,9-12,14,16H,4-6,8,13H2,1-3H3. The van der Waals surface area contributed by atoms with Crippen LogP contribution in [0.2, 0.25) is 0 Å². The molecule has 0 radical (unpaired) electrons. The SMILES string of the molecule is CC(C)CCNc1nc(N)nc(N(c2ccccc2)c2nc3ccccc3o2)n1.CCCCCC(CC)OC(=O)C(=Cc1ccccc1)OC. The number of esters is 1. The van der Waals surface area contributed by atoms with E-state index in [9.17, 15) is 4.79 Å². The summed E-state index contributed by atoms with van der Waals surface area (Å²) in [4.78, 5) is 31.6. The fraction of sp³-hybridized carbons (Fsp3) is 0.359. The van der Waals surface area contributed by atoms with E-state index in [2.05, 4.69) is 46.0 Å². The molecule has 50 heavy (non-hydrogen) atoms. The number of nitrogens with one attached hydrogen (secondary N) is 1. The van der Waals surface area contributed by atoms with Gasteiger partial charge in [0.15, 0.2) is 5.58 Å². The zero-order valence-electron chi connectivity index (χ0n) is 29.7. The molecule has 0 aliphatic carbocycles. The Morgan fingerprint density at radius 2 is 1.60 bits per heavy atom. The maximum atomic E-state index is 12.2. The minimum atomic E-state index is -0.385. The summed E-state index contributed by atoms with van der Waals surface area (Å²) in [5, 5.41) is 3.22. The van der Waals surface area contributed by atoms with E-state index in [-0.39, 0.29) is 23.8 Å². The lowest BCUT2D eigenvalue weighted by atomic mass is 10.1. The minimum Gasteiger partial charge on any atom is -0.490 e. The van der Waals surface area contributed by atoms with Crippen molar-refractivity contribution in [3.63, 3.8) is 0 Å². The van der Waals surface area contributed by atoms with E-state index in [0.29, 0.717) is 29.4 Å². The second-order valence-electron chi connectivity index (χ2n) is 12.1. The molecule has 3 N–H and O–H groups in total. The van der Waals surface area contributed by atoms with Crippen molar-refractivity contribution in [3.8, 4) is 0 Å². The summed E-state index contributed by atoms with van der Waals surface area (Å²) in [6.07, 6.45) is 7.85. The molecule has 1 atom stereocenters. The lowest BCUT2D eigenvalue weighted by Gasteiger charge is -2.19. The number of rotatable bonds is 16. The van der Waals surface area contributed by atoms with Crippen LogP contribution < -0.4 is 16.0 Å². The van der Waals surface area contributed by atoms with Gasteiger partial charge < -0.3 is 24.9 Å². The minimum absolute atomic E-state index is 0.0293. The molecule has 2 heterocycles. The van der Waals surface area contributed by atoms with Gasteiger partial charge in [0, 0.05) is 6.54 Å². The van der Waals surface area contributed by atoms with Crippen LogP contribution in [0.1, 0.15) is 71.8 Å². The third-order valence-corrected chi connectivity index (χ3v) is 7.71. The molecule has 0 amide bonds. The Bertz CT molecular complexity index is 1740. The van der Waals surface area contributed by atoms with E-state index in [0.717, 1.165) is 49.0 Å². The topological polar surface area (TPSA) is 142 Å². The van der Waals surface area contributed by atoms with Crippen molar-refractivity contribution in [2.24, 2.45) is 5.92 Å². The summed E-state index contributed by atoms with van der Waals surface area (Å²) in [5.74, 6) is 1.31. The molecule has 11 heteroatoms. The van der Waals surface area contributed by atoms with Crippen LogP contribution in [0, 0.1) is 5.92 Å². The molecular formula is C39H49N7O4. The molecule has 1 unspecified atom stereocenters. The number of anilines is 5. The van der Waals surface area contributed by atoms with Crippen LogP contribution in [-0.2, 0) is 14.3 Å². The fourth-order valence-corrected chi connectivity index (χ4v) is 4.96. The van der Waals surface area contributed by atoms with Crippen molar-refractivity contribution in [3.05, 3.63) is 96.3 Å². The molecule has 0 bridgehead atoms. The van der Waals surface area contributed by atoms with Crippen LogP contribution >= 0.6 is 0 Å². The number of hydrogen-bond donors (Lipinski definition) is 2. The van der Waals surface area contributed by atoms with E-state index in [4.69, 9.17) is 19.6 Å². The molecule has 0 saturated heterocycles. The molecule has 5 rings (SSSR count). The Morgan fingerprint density at radius 3 is 2.26 bits per heavy atom. The van der Waals surface area contributed by atoms with Gasteiger partial charge >= 0.3 is 12.0 Å². The van der Waals surface area contributed by atoms with Crippen LogP contribution in [0.25, 0.3) is 17.2 Å². The molecule has 3 aromatic carbocycles.